The SMILES string of the molecule is CCOc1cc(C(=O)Nc2c3c(nn2-c2ccc(F)cc2)CS(=O)C3)cc(OCC)c1OCC. The number of amides is 1. The lowest BCUT2D eigenvalue weighted by Gasteiger charge is -2.17. The first-order valence-electron chi connectivity index (χ1n) is 11.0. The number of hydrogen-bond acceptors (Lipinski definition) is 6. The fourth-order valence-electron chi connectivity index (χ4n) is 3.72. The van der Waals surface area contributed by atoms with Crippen LogP contribution in [0.4, 0.5) is 10.2 Å². The van der Waals surface area contributed by atoms with E-state index < -0.39 is 16.7 Å². The number of anilines is 1. The molecule has 0 aliphatic carbocycles. The number of rotatable bonds is 9. The summed E-state index contributed by atoms with van der Waals surface area (Å²) in [5.41, 5.74) is 2.23. The number of halogens is 1. The third kappa shape index (κ3) is 4.77. The van der Waals surface area contributed by atoms with E-state index in [-0.39, 0.29) is 11.6 Å². The molecule has 0 fully saturated rings. The summed E-state index contributed by atoms with van der Waals surface area (Å²) in [5.74, 6) is 1.43. The summed E-state index contributed by atoms with van der Waals surface area (Å²) in [6.07, 6.45) is 0. The number of nitrogens with zero attached hydrogens (tertiary/aromatic N) is 2. The Hall–Kier alpha value is -3.40. The molecular formula is C24H26FN3O5S. The highest BCUT2D eigenvalue weighted by Gasteiger charge is 2.29. The third-order valence-corrected chi connectivity index (χ3v) is 6.35. The van der Waals surface area contributed by atoms with Crippen LogP contribution in [-0.4, -0.2) is 39.7 Å². The van der Waals surface area contributed by atoms with E-state index in [9.17, 15) is 13.4 Å². The molecule has 8 nitrogen and oxygen atoms in total. The van der Waals surface area contributed by atoms with Gasteiger partial charge in [0.15, 0.2) is 11.5 Å². The number of nitrogens with one attached hydrogen (secondary N) is 1. The van der Waals surface area contributed by atoms with Crippen LogP contribution >= 0.6 is 0 Å². The minimum atomic E-state index is -1.09. The molecule has 0 saturated carbocycles. The molecule has 180 valence electrons. The van der Waals surface area contributed by atoms with Gasteiger partial charge in [0, 0.05) is 21.9 Å². The molecule has 1 N–H and O–H groups in total. The van der Waals surface area contributed by atoms with Crippen molar-refractivity contribution in [1.29, 1.82) is 0 Å². The Morgan fingerprint density at radius 3 is 2.24 bits per heavy atom. The zero-order valence-corrected chi connectivity index (χ0v) is 20.0. The lowest BCUT2D eigenvalue weighted by atomic mass is 10.1. The van der Waals surface area contributed by atoms with Crippen LogP contribution in [-0.2, 0) is 22.3 Å². The maximum Gasteiger partial charge on any atom is 0.257 e. The summed E-state index contributed by atoms with van der Waals surface area (Å²) in [5, 5.41) is 7.45. The van der Waals surface area contributed by atoms with Gasteiger partial charge < -0.3 is 19.5 Å². The summed E-state index contributed by atoms with van der Waals surface area (Å²) in [6.45, 7) is 6.71. The van der Waals surface area contributed by atoms with Crippen molar-refractivity contribution in [3.63, 3.8) is 0 Å². The summed E-state index contributed by atoms with van der Waals surface area (Å²) in [4.78, 5) is 13.4. The van der Waals surface area contributed by atoms with Gasteiger partial charge >= 0.3 is 0 Å². The molecule has 1 atom stereocenters. The monoisotopic (exact) mass is 487 g/mol. The van der Waals surface area contributed by atoms with Crippen molar-refractivity contribution in [1.82, 2.24) is 9.78 Å². The highest BCUT2D eigenvalue weighted by atomic mass is 32.2. The number of aromatic nitrogens is 2. The summed E-state index contributed by atoms with van der Waals surface area (Å²) in [6, 6.07) is 8.98. The van der Waals surface area contributed by atoms with Gasteiger partial charge in [0.1, 0.15) is 11.6 Å². The second kappa shape index (κ2) is 10.3. The number of carbonyl (C=O) groups is 1. The number of fused-ring (bicyclic) bond motifs is 1. The van der Waals surface area contributed by atoms with E-state index >= 15 is 0 Å². The third-order valence-electron chi connectivity index (χ3n) is 5.14. The maximum atomic E-state index is 13.5. The van der Waals surface area contributed by atoms with Crippen molar-refractivity contribution in [2.75, 3.05) is 25.1 Å². The first kappa shape index (κ1) is 23.7. The molecule has 1 aromatic heterocycles. The van der Waals surface area contributed by atoms with Crippen molar-refractivity contribution in [2.45, 2.75) is 32.3 Å². The molecule has 2 heterocycles. The predicted octanol–water partition coefficient (Wildman–Crippen LogP) is 4.22. The van der Waals surface area contributed by atoms with E-state index in [1.807, 2.05) is 20.8 Å². The predicted molar refractivity (Wildman–Crippen MR) is 127 cm³/mol. The maximum absolute atomic E-state index is 13.5. The Bertz CT molecular complexity index is 1200. The normalized spacial score (nSPS) is 14.5. The standard InChI is InChI=1S/C24H26FN3O5S/c1-4-31-20-11-15(12-21(32-5-2)22(20)33-6-3)24(29)26-23-18-13-34(30)14-19(18)27-28(23)17-9-7-16(25)8-10-17/h7-12H,4-6,13-14H2,1-3H3,(H,26,29). The van der Waals surface area contributed by atoms with Gasteiger partial charge in [-0.1, -0.05) is 0 Å². The molecule has 10 heteroatoms. The second-order valence-electron chi connectivity index (χ2n) is 7.45. The van der Waals surface area contributed by atoms with Gasteiger partial charge in [-0.25, -0.2) is 9.07 Å². The number of hydrogen-bond donors (Lipinski definition) is 1. The van der Waals surface area contributed by atoms with Crippen LogP contribution in [0.3, 0.4) is 0 Å². The largest absolute Gasteiger partial charge is 0.490 e. The molecule has 1 unspecified atom stereocenters. The average molecular weight is 488 g/mol. The number of benzene rings is 2. The van der Waals surface area contributed by atoms with Gasteiger partial charge in [-0.15, -0.1) is 0 Å². The lowest BCUT2D eigenvalue weighted by molar-refractivity contribution is 0.102. The lowest BCUT2D eigenvalue weighted by Crippen LogP contribution is -2.17. The minimum absolute atomic E-state index is 0.282. The molecule has 0 saturated heterocycles. The second-order valence-corrected chi connectivity index (χ2v) is 8.90. The van der Waals surface area contributed by atoms with E-state index in [0.717, 1.165) is 0 Å². The first-order valence-corrected chi connectivity index (χ1v) is 12.5. The molecular weight excluding hydrogens is 461 g/mol. The van der Waals surface area contributed by atoms with Crippen LogP contribution in [0.2, 0.25) is 0 Å². The Morgan fingerprint density at radius 2 is 1.65 bits per heavy atom. The van der Waals surface area contributed by atoms with E-state index in [0.29, 0.717) is 71.1 Å². The summed E-state index contributed by atoms with van der Waals surface area (Å²) in [7, 11) is -1.09. The molecule has 2 aromatic carbocycles. The van der Waals surface area contributed by atoms with Crippen molar-refractivity contribution < 1.29 is 27.6 Å². The van der Waals surface area contributed by atoms with Crippen molar-refractivity contribution in [3.05, 3.63) is 59.0 Å². The quantitative estimate of drug-likeness (QED) is 0.486. The van der Waals surface area contributed by atoms with Crippen LogP contribution in [0.15, 0.2) is 36.4 Å². The Morgan fingerprint density at radius 1 is 1.03 bits per heavy atom. The topological polar surface area (TPSA) is 91.7 Å². The molecule has 1 amide bonds. The van der Waals surface area contributed by atoms with E-state index in [4.69, 9.17) is 14.2 Å². The van der Waals surface area contributed by atoms with E-state index in [1.165, 1.54) is 12.1 Å². The van der Waals surface area contributed by atoms with Crippen LogP contribution in [0, 0.1) is 5.82 Å². The fraction of sp³-hybridized carbons (Fsp3) is 0.333. The van der Waals surface area contributed by atoms with Crippen molar-refractivity contribution >= 4 is 22.5 Å². The van der Waals surface area contributed by atoms with E-state index in [1.54, 1.807) is 28.9 Å². The molecule has 0 radical (unpaired) electrons. The fourth-order valence-corrected chi connectivity index (χ4v) is 4.99. The Kier molecular flexibility index (Phi) is 7.16. The Labute approximate surface area is 199 Å². The highest BCUT2D eigenvalue weighted by molar-refractivity contribution is 7.83. The molecule has 1 aliphatic heterocycles. The minimum Gasteiger partial charge on any atom is -0.490 e. The molecule has 4 rings (SSSR count). The molecule has 0 bridgehead atoms. The van der Waals surface area contributed by atoms with Crippen LogP contribution < -0.4 is 19.5 Å². The van der Waals surface area contributed by atoms with Crippen LogP contribution in [0.25, 0.3) is 5.69 Å². The summed E-state index contributed by atoms with van der Waals surface area (Å²) < 4.78 is 44.3. The molecule has 0 spiro atoms. The van der Waals surface area contributed by atoms with Gasteiger partial charge in [-0.2, -0.15) is 5.10 Å². The van der Waals surface area contributed by atoms with Crippen LogP contribution in [0.1, 0.15) is 42.4 Å². The van der Waals surface area contributed by atoms with Gasteiger partial charge in [-0.05, 0) is 57.2 Å². The van der Waals surface area contributed by atoms with Gasteiger partial charge in [0.2, 0.25) is 5.75 Å². The number of ether oxygens (including phenoxy) is 3. The molecule has 34 heavy (non-hydrogen) atoms. The van der Waals surface area contributed by atoms with Crippen molar-refractivity contribution in [2.24, 2.45) is 0 Å². The molecule has 1 aliphatic rings. The zero-order valence-electron chi connectivity index (χ0n) is 19.2. The van der Waals surface area contributed by atoms with E-state index in [2.05, 4.69) is 10.4 Å². The molecule has 3 aromatic rings. The Balaban J connectivity index is 1.74. The zero-order chi connectivity index (χ0) is 24.2. The first-order chi connectivity index (χ1) is 16.4. The smallest absolute Gasteiger partial charge is 0.257 e. The van der Waals surface area contributed by atoms with Gasteiger partial charge in [0.05, 0.1) is 42.7 Å². The van der Waals surface area contributed by atoms with Crippen LogP contribution in [0.5, 0.6) is 17.2 Å². The highest BCUT2D eigenvalue weighted by Crippen LogP contribution is 2.40. The van der Waals surface area contributed by atoms with Crippen molar-refractivity contribution in [3.8, 4) is 22.9 Å². The van der Waals surface area contributed by atoms with Gasteiger partial charge in [0.25, 0.3) is 5.91 Å². The average Bonchev–Trinajstić information content (AvgIpc) is 3.33. The summed E-state index contributed by atoms with van der Waals surface area (Å²) >= 11 is 0. The van der Waals surface area contributed by atoms with Gasteiger partial charge in [-0.3, -0.25) is 9.00 Å². The number of carbonyl (C=O) groups excluding carboxylic acids is 1.